The van der Waals surface area contributed by atoms with Gasteiger partial charge in [-0.2, -0.15) is 0 Å². The van der Waals surface area contributed by atoms with E-state index in [1.807, 2.05) is 30.3 Å². The third kappa shape index (κ3) is 4.70. The smallest absolute Gasteiger partial charge is 0.251 e. The largest absolute Gasteiger partial charge is 0.357 e. The summed E-state index contributed by atoms with van der Waals surface area (Å²) >= 11 is 8.88. The van der Waals surface area contributed by atoms with Gasteiger partial charge in [-0.15, -0.1) is 0 Å². The molecule has 1 saturated heterocycles. The number of unbranched alkanes of at least 4 members (excludes halogenated alkanes) is 1. The summed E-state index contributed by atoms with van der Waals surface area (Å²) in [7, 11) is 0. The van der Waals surface area contributed by atoms with Gasteiger partial charge in [0.05, 0.1) is 4.05 Å². The molecule has 1 unspecified atom stereocenters. The second-order valence-electron chi connectivity index (χ2n) is 9.08. The zero-order valence-corrected chi connectivity index (χ0v) is 22.3. The molecular formula is C28H29ClIN3O. The molecule has 1 atom stereocenters. The Bertz CT molecular complexity index is 1210. The molecule has 4 nitrogen and oxygen atoms in total. The van der Waals surface area contributed by atoms with Gasteiger partial charge < -0.3 is 10.2 Å². The van der Waals surface area contributed by atoms with Crippen LogP contribution in [0.4, 0.5) is 5.69 Å². The Morgan fingerprint density at radius 2 is 1.76 bits per heavy atom. The van der Waals surface area contributed by atoms with Gasteiger partial charge >= 0.3 is 0 Å². The van der Waals surface area contributed by atoms with Crippen molar-refractivity contribution < 1.29 is 4.79 Å². The lowest BCUT2D eigenvalue weighted by Crippen LogP contribution is -2.51. The summed E-state index contributed by atoms with van der Waals surface area (Å²) in [6, 6.07) is 20.6. The normalized spacial score (nSPS) is 17.0. The van der Waals surface area contributed by atoms with Crippen LogP contribution >= 0.6 is 34.2 Å². The van der Waals surface area contributed by atoms with Gasteiger partial charge in [0.1, 0.15) is 0 Å². The lowest BCUT2D eigenvalue weighted by Gasteiger charge is -2.41. The number of anilines is 1. The van der Waals surface area contributed by atoms with Gasteiger partial charge in [0.25, 0.3) is 5.91 Å². The van der Waals surface area contributed by atoms with Crippen LogP contribution in [0.15, 0.2) is 60.7 Å². The molecule has 1 aliphatic heterocycles. The van der Waals surface area contributed by atoms with Gasteiger partial charge in [-0.3, -0.25) is 9.69 Å². The average molecular weight is 586 g/mol. The SMILES string of the molecule is Cc1c(Cl)cccc1N1CCN(CCCCNC(=O)c2ccc3c(c2)-c2ccccc2-3)CC1I. The molecule has 1 fully saturated rings. The molecule has 5 rings (SSSR count). The zero-order valence-electron chi connectivity index (χ0n) is 19.4. The van der Waals surface area contributed by atoms with Gasteiger partial charge in [0.2, 0.25) is 0 Å². The number of hydrogen-bond donors (Lipinski definition) is 1. The molecule has 34 heavy (non-hydrogen) atoms. The van der Waals surface area contributed by atoms with Gasteiger partial charge in [-0.1, -0.05) is 70.6 Å². The van der Waals surface area contributed by atoms with Crippen molar-refractivity contribution in [3.63, 3.8) is 0 Å². The number of hydrogen-bond acceptors (Lipinski definition) is 3. The van der Waals surface area contributed by atoms with Crippen molar-refractivity contribution in [1.29, 1.82) is 0 Å². The first-order valence-electron chi connectivity index (χ1n) is 11.9. The second kappa shape index (κ2) is 10.3. The topological polar surface area (TPSA) is 35.6 Å². The highest BCUT2D eigenvalue weighted by atomic mass is 127. The molecule has 3 aromatic carbocycles. The lowest BCUT2D eigenvalue weighted by atomic mass is 9.80. The molecule has 0 saturated carbocycles. The van der Waals surface area contributed by atoms with Crippen LogP contribution in [0, 0.1) is 6.92 Å². The van der Waals surface area contributed by atoms with E-state index < -0.39 is 0 Å². The van der Waals surface area contributed by atoms with Crippen molar-refractivity contribution in [2.45, 2.75) is 23.8 Å². The van der Waals surface area contributed by atoms with Crippen molar-refractivity contribution in [2.75, 3.05) is 37.6 Å². The lowest BCUT2D eigenvalue weighted by molar-refractivity contribution is 0.0952. The highest BCUT2D eigenvalue weighted by Gasteiger charge is 2.26. The average Bonchev–Trinajstić information content (AvgIpc) is 2.84. The number of nitrogens with zero attached hydrogens (tertiary/aromatic N) is 2. The van der Waals surface area contributed by atoms with E-state index in [2.05, 4.69) is 75.0 Å². The van der Waals surface area contributed by atoms with E-state index in [9.17, 15) is 4.79 Å². The number of amides is 1. The third-order valence-electron chi connectivity index (χ3n) is 6.93. The highest BCUT2D eigenvalue weighted by molar-refractivity contribution is 14.1. The first-order chi connectivity index (χ1) is 16.5. The van der Waals surface area contributed by atoms with Gasteiger partial charge in [-0.25, -0.2) is 0 Å². The van der Waals surface area contributed by atoms with Crippen LogP contribution in [0.2, 0.25) is 5.02 Å². The minimum Gasteiger partial charge on any atom is -0.357 e. The Kier molecular flexibility index (Phi) is 7.14. The number of fused-ring (bicyclic) bond motifs is 4. The van der Waals surface area contributed by atoms with Crippen LogP contribution in [0.25, 0.3) is 22.3 Å². The van der Waals surface area contributed by atoms with Crippen molar-refractivity contribution >= 4 is 45.8 Å². The number of carbonyl (C=O) groups is 1. The number of benzene rings is 3. The zero-order chi connectivity index (χ0) is 23.7. The molecule has 1 amide bonds. The number of rotatable bonds is 7. The first kappa shape index (κ1) is 23.6. The van der Waals surface area contributed by atoms with Gasteiger partial charge in [-0.05, 0) is 78.4 Å². The predicted molar refractivity (Wildman–Crippen MR) is 150 cm³/mol. The standard InChI is InChI=1S/C28H29ClIN3O/c1-19-25(29)9-6-10-26(19)33-16-15-32(18-27(33)30)14-5-4-13-31-28(34)20-11-12-23-21-7-2-3-8-22(21)24(23)17-20/h2-3,6-12,17,27H,4-5,13-16,18H2,1H3,(H,31,34). The molecule has 0 bridgehead atoms. The Morgan fingerprint density at radius 1 is 1.00 bits per heavy atom. The third-order valence-corrected chi connectivity index (χ3v) is 8.40. The molecule has 3 aromatic rings. The second-order valence-corrected chi connectivity index (χ2v) is 10.9. The molecule has 1 N–H and O–H groups in total. The maximum absolute atomic E-state index is 12.6. The highest BCUT2D eigenvalue weighted by Crippen LogP contribution is 2.46. The predicted octanol–water partition coefficient (Wildman–Crippen LogP) is 6.39. The number of nitrogens with one attached hydrogen (secondary N) is 1. The maximum atomic E-state index is 12.6. The summed E-state index contributed by atoms with van der Waals surface area (Å²) in [5.74, 6) is 0.0185. The molecule has 0 radical (unpaired) electrons. The molecule has 0 spiro atoms. The monoisotopic (exact) mass is 585 g/mol. The van der Waals surface area contributed by atoms with Crippen LogP contribution in [-0.2, 0) is 0 Å². The van der Waals surface area contributed by atoms with E-state index >= 15 is 0 Å². The number of halogens is 2. The summed E-state index contributed by atoms with van der Waals surface area (Å²) in [6.45, 7) is 6.97. The van der Waals surface area contributed by atoms with Gasteiger partial charge in [0, 0.05) is 42.5 Å². The summed E-state index contributed by atoms with van der Waals surface area (Å²) in [6.07, 6.45) is 2.07. The Labute approximate surface area is 220 Å². The van der Waals surface area contributed by atoms with Crippen LogP contribution in [-0.4, -0.2) is 47.6 Å². The molecule has 2 aliphatic rings. The Hall–Kier alpha value is -2.09. The number of carbonyl (C=O) groups excluding carboxylic acids is 1. The number of piperazine rings is 1. The fraction of sp³-hybridized carbons (Fsp3) is 0.321. The molecule has 176 valence electrons. The molecule has 1 heterocycles. The molecule has 1 aliphatic carbocycles. The van der Waals surface area contributed by atoms with Gasteiger partial charge in [0.15, 0.2) is 0 Å². The van der Waals surface area contributed by atoms with Crippen LogP contribution in [0.5, 0.6) is 0 Å². The van der Waals surface area contributed by atoms with E-state index in [-0.39, 0.29) is 5.91 Å². The maximum Gasteiger partial charge on any atom is 0.251 e. The molecule has 0 aromatic heterocycles. The fourth-order valence-corrected chi connectivity index (χ4v) is 6.28. The Balaban J connectivity index is 1.05. The Morgan fingerprint density at radius 3 is 2.56 bits per heavy atom. The summed E-state index contributed by atoms with van der Waals surface area (Å²) in [5.41, 5.74) is 8.09. The fourth-order valence-electron chi connectivity index (χ4n) is 4.97. The van der Waals surface area contributed by atoms with E-state index in [4.69, 9.17) is 11.6 Å². The van der Waals surface area contributed by atoms with Crippen molar-refractivity contribution in [1.82, 2.24) is 10.2 Å². The van der Waals surface area contributed by atoms with E-state index in [0.717, 1.165) is 55.2 Å². The summed E-state index contributed by atoms with van der Waals surface area (Å²) in [4.78, 5) is 17.6. The van der Waals surface area contributed by atoms with Crippen LogP contribution < -0.4 is 10.2 Å². The molecular weight excluding hydrogens is 557 g/mol. The summed E-state index contributed by atoms with van der Waals surface area (Å²) < 4.78 is 0.420. The summed E-state index contributed by atoms with van der Waals surface area (Å²) in [5, 5.41) is 3.93. The van der Waals surface area contributed by atoms with Crippen molar-refractivity contribution in [3.8, 4) is 22.3 Å². The van der Waals surface area contributed by atoms with Crippen molar-refractivity contribution in [2.24, 2.45) is 0 Å². The molecule has 6 heteroatoms. The van der Waals surface area contributed by atoms with Crippen LogP contribution in [0.3, 0.4) is 0 Å². The van der Waals surface area contributed by atoms with E-state index in [0.29, 0.717) is 10.6 Å². The first-order valence-corrected chi connectivity index (χ1v) is 13.6. The quantitative estimate of drug-likeness (QED) is 0.118. The van der Waals surface area contributed by atoms with Crippen molar-refractivity contribution in [3.05, 3.63) is 76.8 Å². The minimum absolute atomic E-state index is 0.0185. The number of alkyl halides is 1. The van der Waals surface area contributed by atoms with E-state index in [1.165, 1.54) is 27.9 Å². The minimum atomic E-state index is 0.0185. The van der Waals surface area contributed by atoms with E-state index in [1.54, 1.807) is 0 Å². The van der Waals surface area contributed by atoms with Crippen LogP contribution in [0.1, 0.15) is 28.8 Å².